The highest BCUT2D eigenvalue weighted by molar-refractivity contribution is 4.91. The van der Waals surface area contributed by atoms with Crippen molar-refractivity contribution in [2.45, 2.75) is 30.6 Å². The van der Waals surface area contributed by atoms with Crippen molar-refractivity contribution in [2.24, 2.45) is 11.5 Å². The van der Waals surface area contributed by atoms with Gasteiger partial charge in [0.2, 0.25) is 0 Å². The van der Waals surface area contributed by atoms with E-state index in [0.29, 0.717) is 0 Å². The maximum atomic E-state index is 9.28. The highest BCUT2D eigenvalue weighted by Gasteiger charge is 2.41. The molecule has 0 aliphatic carbocycles. The molecule has 0 bridgehead atoms. The van der Waals surface area contributed by atoms with Crippen molar-refractivity contribution in [2.75, 3.05) is 6.54 Å². The van der Waals surface area contributed by atoms with Crippen molar-refractivity contribution in [1.82, 2.24) is 0 Å². The van der Waals surface area contributed by atoms with Crippen LogP contribution in [0.15, 0.2) is 0 Å². The molecule has 0 aromatic carbocycles. The van der Waals surface area contributed by atoms with Gasteiger partial charge < -0.3 is 31.5 Å². The zero-order valence-corrected chi connectivity index (χ0v) is 6.50. The van der Waals surface area contributed by atoms with E-state index in [9.17, 15) is 10.2 Å². The summed E-state index contributed by atoms with van der Waals surface area (Å²) >= 11 is 0. The first-order valence-electron chi connectivity index (χ1n) is 3.73. The molecule has 0 aromatic rings. The van der Waals surface area contributed by atoms with Crippen LogP contribution in [0.25, 0.3) is 0 Å². The van der Waals surface area contributed by atoms with Crippen molar-refractivity contribution in [3.8, 4) is 0 Å². The monoisotopic (exact) mass is 178 g/mol. The van der Waals surface area contributed by atoms with E-state index in [4.69, 9.17) is 21.3 Å². The Bertz CT molecular complexity index is 152. The van der Waals surface area contributed by atoms with Crippen molar-refractivity contribution in [3.05, 3.63) is 0 Å². The van der Waals surface area contributed by atoms with E-state index in [1.165, 1.54) is 0 Å². The van der Waals surface area contributed by atoms with E-state index in [0.717, 1.165) is 0 Å². The average molecular weight is 178 g/mol. The van der Waals surface area contributed by atoms with Crippen LogP contribution in [-0.2, 0) is 4.74 Å². The standard InChI is InChI=1S/C6H14N2O4/c7-1-2-4(9)5(10)3(8)6(11)12-2/h2-6,9-11H,1,7-8H2/t2-,3-,4+,5+,6+/m0/s1. The van der Waals surface area contributed by atoms with Crippen LogP contribution >= 0.6 is 0 Å². The van der Waals surface area contributed by atoms with Gasteiger partial charge in [-0.15, -0.1) is 0 Å². The van der Waals surface area contributed by atoms with Crippen LogP contribution in [0.2, 0.25) is 0 Å². The summed E-state index contributed by atoms with van der Waals surface area (Å²) in [6.07, 6.45) is -4.34. The molecule has 0 amide bonds. The summed E-state index contributed by atoms with van der Waals surface area (Å²) in [6, 6.07) is -0.984. The van der Waals surface area contributed by atoms with Gasteiger partial charge in [0.1, 0.15) is 18.3 Å². The third-order valence-electron chi connectivity index (χ3n) is 2.00. The highest BCUT2D eigenvalue weighted by atomic mass is 16.6. The van der Waals surface area contributed by atoms with Gasteiger partial charge in [0.25, 0.3) is 0 Å². The lowest BCUT2D eigenvalue weighted by atomic mass is 9.98. The third kappa shape index (κ3) is 1.58. The lowest BCUT2D eigenvalue weighted by Crippen LogP contribution is -2.62. The summed E-state index contributed by atoms with van der Waals surface area (Å²) in [5.74, 6) is 0. The molecule has 6 heteroatoms. The Morgan fingerprint density at radius 1 is 1.17 bits per heavy atom. The van der Waals surface area contributed by atoms with Gasteiger partial charge >= 0.3 is 0 Å². The van der Waals surface area contributed by atoms with Gasteiger partial charge in [-0.1, -0.05) is 0 Å². The Labute approximate surface area is 69.7 Å². The number of aliphatic hydroxyl groups excluding tert-OH is 3. The first kappa shape index (κ1) is 9.85. The molecule has 72 valence electrons. The van der Waals surface area contributed by atoms with Crippen molar-refractivity contribution in [1.29, 1.82) is 0 Å². The molecule has 0 aromatic heterocycles. The number of aliphatic hydroxyl groups is 3. The maximum Gasteiger partial charge on any atom is 0.172 e. The second-order valence-electron chi connectivity index (χ2n) is 2.86. The Kier molecular flexibility index (Phi) is 2.99. The Morgan fingerprint density at radius 3 is 2.25 bits per heavy atom. The van der Waals surface area contributed by atoms with Crippen molar-refractivity contribution in [3.63, 3.8) is 0 Å². The molecule has 0 spiro atoms. The lowest BCUT2D eigenvalue weighted by molar-refractivity contribution is -0.238. The molecule has 12 heavy (non-hydrogen) atoms. The Morgan fingerprint density at radius 2 is 1.75 bits per heavy atom. The minimum Gasteiger partial charge on any atom is -0.388 e. The van der Waals surface area contributed by atoms with Gasteiger partial charge in [-0.3, -0.25) is 0 Å². The van der Waals surface area contributed by atoms with Gasteiger partial charge in [0.15, 0.2) is 6.29 Å². The van der Waals surface area contributed by atoms with Gasteiger partial charge in [0.05, 0.1) is 6.04 Å². The first-order chi connectivity index (χ1) is 5.57. The second-order valence-corrected chi connectivity index (χ2v) is 2.86. The van der Waals surface area contributed by atoms with Crippen LogP contribution in [0.1, 0.15) is 0 Å². The van der Waals surface area contributed by atoms with Crippen LogP contribution in [-0.4, -0.2) is 52.5 Å². The molecule has 1 heterocycles. The summed E-state index contributed by atoms with van der Waals surface area (Å²) < 4.78 is 4.83. The van der Waals surface area contributed by atoms with E-state index in [1.807, 2.05) is 0 Å². The van der Waals surface area contributed by atoms with Gasteiger partial charge in [-0.25, -0.2) is 0 Å². The minimum atomic E-state index is -1.27. The number of hydrogen-bond donors (Lipinski definition) is 5. The van der Waals surface area contributed by atoms with Crippen LogP contribution in [0.5, 0.6) is 0 Å². The normalized spacial score (nSPS) is 49.2. The molecular weight excluding hydrogens is 164 g/mol. The predicted molar refractivity (Wildman–Crippen MR) is 39.9 cm³/mol. The predicted octanol–water partition coefficient (Wildman–Crippen LogP) is -3.29. The number of hydrogen-bond acceptors (Lipinski definition) is 6. The third-order valence-corrected chi connectivity index (χ3v) is 2.00. The average Bonchev–Trinajstić information content (AvgIpc) is 2.08. The second kappa shape index (κ2) is 3.65. The highest BCUT2D eigenvalue weighted by Crippen LogP contribution is 2.17. The van der Waals surface area contributed by atoms with Gasteiger partial charge in [-0.05, 0) is 0 Å². The van der Waals surface area contributed by atoms with E-state index in [2.05, 4.69) is 0 Å². The molecule has 0 unspecified atom stereocenters. The molecule has 1 aliphatic heterocycles. The molecule has 0 radical (unpaired) electrons. The minimum absolute atomic E-state index is 0.0298. The summed E-state index contributed by atoms with van der Waals surface area (Å²) in [6.45, 7) is 0.0298. The van der Waals surface area contributed by atoms with Crippen molar-refractivity contribution >= 4 is 0 Å². The summed E-state index contributed by atoms with van der Waals surface area (Å²) in [5, 5.41) is 27.6. The van der Waals surface area contributed by atoms with E-state index in [-0.39, 0.29) is 6.54 Å². The van der Waals surface area contributed by atoms with Crippen LogP contribution < -0.4 is 11.5 Å². The summed E-state index contributed by atoms with van der Waals surface area (Å²) in [7, 11) is 0. The van der Waals surface area contributed by atoms with E-state index in [1.54, 1.807) is 0 Å². The topological polar surface area (TPSA) is 122 Å². The summed E-state index contributed by atoms with van der Waals surface area (Å²) in [4.78, 5) is 0. The molecule has 1 aliphatic rings. The molecule has 0 saturated carbocycles. The van der Waals surface area contributed by atoms with Gasteiger partial charge in [0, 0.05) is 6.54 Å². The number of rotatable bonds is 1. The zero-order chi connectivity index (χ0) is 9.30. The van der Waals surface area contributed by atoms with Gasteiger partial charge in [-0.2, -0.15) is 0 Å². The maximum absolute atomic E-state index is 9.28. The molecule has 6 nitrogen and oxygen atoms in total. The number of ether oxygens (including phenoxy) is 1. The Hall–Kier alpha value is -0.240. The fourth-order valence-corrected chi connectivity index (χ4v) is 1.16. The Balaban J connectivity index is 2.63. The lowest BCUT2D eigenvalue weighted by Gasteiger charge is -2.38. The molecular formula is C6H14N2O4. The molecule has 1 fully saturated rings. The summed E-state index contributed by atoms with van der Waals surface area (Å²) in [5.41, 5.74) is 10.5. The first-order valence-corrected chi connectivity index (χ1v) is 3.73. The smallest absolute Gasteiger partial charge is 0.172 e. The quantitative estimate of drug-likeness (QED) is 0.287. The fraction of sp³-hybridized carbons (Fsp3) is 1.00. The molecule has 5 atom stereocenters. The molecule has 1 rings (SSSR count). The van der Waals surface area contributed by atoms with Crippen LogP contribution in [0.4, 0.5) is 0 Å². The SMILES string of the molecule is NC[C@@H]1O[C@@H](O)[C@@H](N)[C@@H](O)[C@@H]1O. The van der Waals surface area contributed by atoms with Crippen LogP contribution in [0.3, 0.4) is 0 Å². The molecule has 1 saturated heterocycles. The fourth-order valence-electron chi connectivity index (χ4n) is 1.16. The number of nitrogens with two attached hydrogens (primary N) is 2. The zero-order valence-electron chi connectivity index (χ0n) is 6.50. The van der Waals surface area contributed by atoms with E-state index < -0.39 is 30.6 Å². The largest absolute Gasteiger partial charge is 0.388 e. The van der Waals surface area contributed by atoms with Crippen LogP contribution in [0, 0.1) is 0 Å². The van der Waals surface area contributed by atoms with E-state index >= 15 is 0 Å². The van der Waals surface area contributed by atoms with Crippen molar-refractivity contribution < 1.29 is 20.1 Å². The molecule has 7 N–H and O–H groups in total.